The van der Waals surface area contributed by atoms with E-state index in [1.807, 2.05) is 0 Å². The summed E-state index contributed by atoms with van der Waals surface area (Å²) >= 11 is 2.32. The molecule has 0 aliphatic heterocycles. The molecule has 2 heteroatoms. The number of fused-ring (bicyclic) bond motifs is 1. The Balaban J connectivity index is 2.79. The van der Waals surface area contributed by atoms with Gasteiger partial charge in [0.2, 0.25) is 0 Å². The van der Waals surface area contributed by atoms with Crippen molar-refractivity contribution in [3.8, 4) is 0 Å². The lowest BCUT2D eigenvalue weighted by molar-refractivity contribution is 1.09. The third-order valence-corrected chi connectivity index (χ3v) is 2.83. The van der Waals surface area contributed by atoms with Gasteiger partial charge in [-0.2, -0.15) is 0 Å². The molecule has 0 radical (unpaired) electrons. The standard InChI is InChI=1S/C11H10IN/c12-10-5-4-8-2-1-3-9(7-13)11(8)6-10/h1-6H,7,13H2. The van der Waals surface area contributed by atoms with Gasteiger partial charge in [-0.15, -0.1) is 0 Å². The lowest BCUT2D eigenvalue weighted by Crippen LogP contribution is -1.96. The summed E-state index contributed by atoms with van der Waals surface area (Å²) in [7, 11) is 0. The number of nitrogens with two attached hydrogens (primary N) is 1. The highest BCUT2D eigenvalue weighted by atomic mass is 127. The van der Waals surface area contributed by atoms with Gasteiger partial charge in [-0.3, -0.25) is 0 Å². The van der Waals surface area contributed by atoms with Crippen LogP contribution in [0.4, 0.5) is 0 Å². The molecule has 0 heterocycles. The fourth-order valence-corrected chi connectivity index (χ4v) is 1.98. The maximum Gasteiger partial charge on any atom is 0.0184 e. The first-order chi connectivity index (χ1) is 6.31. The lowest BCUT2D eigenvalue weighted by atomic mass is 10.1. The van der Waals surface area contributed by atoms with Gasteiger partial charge in [-0.25, -0.2) is 0 Å². The molecule has 0 saturated carbocycles. The zero-order chi connectivity index (χ0) is 9.26. The monoisotopic (exact) mass is 283 g/mol. The molecule has 2 aromatic carbocycles. The second kappa shape index (κ2) is 3.64. The molecule has 0 aliphatic carbocycles. The van der Waals surface area contributed by atoms with Crippen molar-refractivity contribution in [2.45, 2.75) is 6.54 Å². The molecule has 2 aromatic rings. The highest BCUT2D eigenvalue weighted by molar-refractivity contribution is 14.1. The van der Waals surface area contributed by atoms with Crippen LogP contribution in [0.2, 0.25) is 0 Å². The van der Waals surface area contributed by atoms with E-state index in [-0.39, 0.29) is 0 Å². The third kappa shape index (κ3) is 1.69. The van der Waals surface area contributed by atoms with Crippen molar-refractivity contribution in [1.29, 1.82) is 0 Å². The summed E-state index contributed by atoms with van der Waals surface area (Å²) < 4.78 is 1.26. The Kier molecular flexibility index (Phi) is 2.51. The van der Waals surface area contributed by atoms with E-state index in [2.05, 4.69) is 59.0 Å². The van der Waals surface area contributed by atoms with Crippen LogP contribution < -0.4 is 5.73 Å². The number of halogens is 1. The second-order valence-corrected chi connectivity index (χ2v) is 4.23. The molecular weight excluding hydrogens is 273 g/mol. The van der Waals surface area contributed by atoms with Crippen molar-refractivity contribution in [1.82, 2.24) is 0 Å². The van der Waals surface area contributed by atoms with Gasteiger partial charge in [0.05, 0.1) is 0 Å². The molecule has 2 rings (SSSR count). The fourth-order valence-electron chi connectivity index (χ4n) is 1.49. The van der Waals surface area contributed by atoms with E-state index >= 15 is 0 Å². The van der Waals surface area contributed by atoms with Crippen LogP contribution in [-0.2, 0) is 6.54 Å². The Hall–Kier alpha value is -0.610. The van der Waals surface area contributed by atoms with Crippen LogP contribution in [0.25, 0.3) is 10.8 Å². The molecule has 0 saturated heterocycles. The summed E-state index contributed by atoms with van der Waals surface area (Å²) in [5.74, 6) is 0. The summed E-state index contributed by atoms with van der Waals surface area (Å²) in [6.07, 6.45) is 0. The van der Waals surface area contributed by atoms with Crippen molar-refractivity contribution in [2.24, 2.45) is 5.73 Å². The quantitative estimate of drug-likeness (QED) is 0.800. The maximum atomic E-state index is 5.66. The van der Waals surface area contributed by atoms with Crippen LogP contribution in [0.15, 0.2) is 36.4 Å². The first-order valence-corrected chi connectivity index (χ1v) is 5.26. The smallest absolute Gasteiger partial charge is 0.0184 e. The van der Waals surface area contributed by atoms with E-state index in [1.54, 1.807) is 0 Å². The molecule has 0 amide bonds. The van der Waals surface area contributed by atoms with Crippen LogP contribution in [0.3, 0.4) is 0 Å². The van der Waals surface area contributed by atoms with Gasteiger partial charge in [0.25, 0.3) is 0 Å². The fraction of sp³-hybridized carbons (Fsp3) is 0.0909. The van der Waals surface area contributed by atoms with E-state index in [4.69, 9.17) is 5.73 Å². The van der Waals surface area contributed by atoms with Crippen LogP contribution in [0, 0.1) is 3.57 Å². The van der Waals surface area contributed by atoms with Crippen molar-refractivity contribution in [2.75, 3.05) is 0 Å². The highest BCUT2D eigenvalue weighted by Gasteiger charge is 1.98. The Morgan fingerprint density at radius 1 is 1.15 bits per heavy atom. The van der Waals surface area contributed by atoms with Crippen LogP contribution in [-0.4, -0.2) is 0 Å². The van der Waals surface area contributed by atoms with Gasteiger partial charge in [-0.05, 0) is 51.1 Å². The third-order valence-electron chi connectivity index (χ3n) is 2.15. The number of benzene rings is 2. The molecule has 13 heavy (non-hydrogen) atoms. The molecule has 66 valence electrons. The number of hydrogen-bond acceptors (Lipinski definition) is 1. The molecule has 0 aromatic heterocycles. The topological polar surface area (TPSA) is 26.0 Å². The Bertz CT molecular complexity index is 437. The van der Waals surface area contributed by atoms with Crippen LogP contribution in [0.1, 0.15) is 5.56 Å². The molecule has 0 aliphatic rings. The SMILES string of the molecule is NCc1cccc2ccc(I)cc12. The van der Waals surface area contributed by atoms with Crippen LogP contribution in [0.5, 0.6) is 0 Å². The lowest BCUT2D eigenvalue weighted by Gasteiger charge is -2.03. The zero-order valence-corrected chi connectivity index (χ0v) is 9.28. The molecule has 2 N–H and O–H groups in total. The molecule has 0 spiro atoms. The van der Waals surface area contributed by atoms with Gasteiger partial charge in [-0.1, -0.05) is 24.3 Å². The average molecular weight is 283 g/mol. The normalized spacial score (nSPS) is 10.6. The first-order valence-electron chi connectivity index (χ1n) is 4.18. The Morgan fingerprint density at radius 2 is 2.00 bits per heavy atom. The molecule has 1 nitrogen and oxygen atoms in total. The van der Waals surface area contributed by atoms with Gasteiger partial charge in [0, 0.05) is 10.1 Å². The summed E-state index contributed by atoms with van der Waals surface area (Å²) in [6.45, 7) is 0.609. The molecule has 0 atom stereocenters. The Morgan fingerprint density at radius 3 is 2.77 bits per heavy atom. The number of rotatable bonds is 1. The minimum absolute atomic E-state index is 0.609. The van der Waals surface area contributed by atoms with Crippen LogP contribution >= 0.6 is 22.6 Å². The highest BCUT2D eigenvalue weighted by Crippen LogP contribution is 2.20. The van der Waals surface area contributed by atoms with Crippen molar-refractivity contribution >= 4 is 33.4 Å². The van der Waals surface area contributed by atoms with E-state index in [9.17, 15) is 0 Å². The van der Waals surface area contributed by atoms with Gasteiger partial charge in [0.15, 0.2) is 0 Å². The second-order valence-electron chi connectivity index (χ2n) is 2.99. The molecule has 0 fully saturated rings. The first kappa shape index (κ1) is 8.97. The van der Waals surface area contributed by atoms with Gasteiger partial charge >= 0.3 is 0 Å². The Labute approximate surface area is 91.1 Å². The summed E-state index contributed by atoms with van der Waals surface area (Å²) in [5, 5.41) is 2.54. The maximum absolute atomic E-state index is 5.66. The largest absolute Gasteiger partial charge is 0.326 e. The van der Waals surface area contributed by atoms with Crippen molar-refractivity contribution < 1.29 is 0 Å². The van der Waals surface area contributed by atoms with E-state index in [0.29, 0.717) is 6.54 Å². The molecule has 0 unspecified atom stereocenters. The minimum Gasteiger partial charge on any atom is -0.326 e. The van der Waals surface area contributed by atoms with E-state index in [1.165, 1.54) is 19.9 Å². The summed E-state index contributed by atoms with van der Waals surface area (Å²) in [5.41, 5.74) is 6.88. The number of hydrogen-bond donors (Lipinski definition) is 1. The molecular formula is C11H10IN. The average Bonchev–Trinajstić information content (AvgIpc) is 2.17. The van der Waals surface area contributed by atoms with Crippen molar-refractivity contribution in [3.05, 3.63) is 45.5 Å². The minimum atomic E-state index is 0.609. The van der Waals surface area contributed by atoms with E-state index < -0.39 is 0 Å². The van der Waals surface area contributed by atoms with Gasteiger partial charge < -0.3 is 5.73 Å². The predicted molar refractivity (Wildman–Crippen MR) is 64.6 cm³/mol. The zero-order valence-electron chi connectivity index (χ0n) is 7.13. The predicted octanol–water partition coefficient (Wildman–Crippen LogP) is 2.90. The summed E-state index contributed by atoms with van der Waals surface area (Å²) in [4.78, 5) is 0. The molecule has 0 bridgehead atoms. The van der Waals surface area contributed by atoms with E-state index in [0.717, 1.165) is 0 Å². The van der Waals surface area contributed by atoms with Crippen molar-refractivity contribution in [3.63, 3.8) is 0 Å². The van der Waals surface area contributed by atoms with Gasteiger partial charge in [0.1, 0.15) is 0 Å². The summed E-state index contributed by atoms with van der Waals surface area (Å²) in [6, 6.07) is 12.7.